The normalized spacial score (nSPS) is 19.5. The lowest BCUT2D eigenvalue weighted by Crippen LogP contribution is -2.31. The smallest absolute Gasteiger partial charge is 0.107 e. The van der Waals surface area contributed by atoms with Crippen molar-refractivity contribution in [1.82, 2.24) is 14.5 Å². The zero-order valence-electron chi connectivity index (χ0n) is 28.1. The van der Waals surface area contributed by atoms with Gasteiger partial charge in [-0.3, -0.25) is 0 Å². The maximum absolute atomic E-state index is 3.81. The van der Waals surface area contributed by atoms with Crippen LogP contribution in [0.1, 0.15) is 18.2 Å². The lowest BCUT2D eigenvalue weighted by Gasteiger charge is -2.29. The standard InChI is InChI=1S/C48H35N3/c1-3-11-32(12-4-1)33-19-23-36(24-20-33)48-27-28-49-47(42(48)31-48)51-44-18-10-8-16-39(44)41-30-35(22-26-46(41)51)34-21-25-45-40(29-34)38-15-7-9-17-43(38)50(45)37-13-5-2-6-14-37/h1-30,42,47,49H,31H2/t42?,47?,48-/m0/s1. The number of aromatic nitrogens is 2. The summed E-state index contributed by atoms with van der Waals surface area (Å²) < 4.78 is 4.95. The second-order valence-electron chi connectivity index (χ2n) is 14.3. The Bertz CT molecular complexity index is 2810. The minimum atomic E-state index is 0.0527. The first-order valence-corrected chi connectivity index (χ1v) is 18.0. The molecule has 3 heteroatoms. The summed E-state index contributed by atoms with van der Waals surface area (Å²) in [7, 11) is 0. The molecule has 3 atom stereocenters. The highest BCUT2D eigenvalue weighted by atomic mass is 15.2. The molecule has 51 heavy (non-hydrogen) atoms. The van der Waals surface area contributed by atoms with E-state index < -0.39 is 0 Å². The van der Waals surface area contributed by atoms with E-state index in [1.165, 1.54) is 77.1 Å². The number of allylic oxidation sites excluding steroid dienone is 1. The lowest BCUT2D eigenvalue weighted by atomic mass is 9.89. The summed E-state index contributed by atoms with van der Waals surface area (Å²) in [6, 6.07) is 62.3. The van der Waals surface area contributed by atoms with E-state index in [0.717, 1.165) is 6.42 Å². The topological polar surface area (TPSA) is 21.9 Å². The van der Waals surface area contributed by atoms with Crippen molar-refractivity contribution in [1.29, 1.82) is 0 Å². The van der Waals surface area contributed by atoms with Crippen LogP contribution in [0.3, 0.4) is 0 Å². The average molecular weight is 654 g/mol. The van der Waals surface area contributed by atoms with Crippen molar-refractivity contribution < 1.29 is 0 Å². The molecule has 3 heterocycles. The Balaban J connectivity index is 0.998. The lowest BCUT2D eigenvalue weighted by molar-refractivity contribution is 0.385. The van der Waals surface area contributed by atoms with E-state index in [1.807, 2.05) is 0 Å². The molecule has 1 saturated carbocycles. The van der Waals surface area contributed by atoms with Crippen molar-refractivity contribution in [3.05, 3.63) is 188 Å². The predicted molar refractivity (Wildman–Crippen MR) is 212 cm³/mol. The minimum absolute atomic E-state index is 0.0527. The van der Waals surface area contributed by atoms with E-state index in [1.54, 1.807) is 0 Å². The quantitative estimate of drug-likeness (QED) is 0.196. The van der Waals surface area contributed by atoms with Gasteiger partial charge in [0.1, 0.15) is 6.17 Å². The molecule has 1 fully saturated rings. The number of hydrogen-bond acceptors (Lipinski definition) is 1. The Labute approximate surface area is 296 Å². The number of nitrogens with one attached hydrogen (secondary N) is 1. The number of nitrogens with zero attached hydrogens (tertiary/aromatic N) is 2. The van der Waals surface area contributed by atoms with Crippen LogP contribution < -0.4 is 5.32 Å². The fraction of sp³-hybridized carbons (Fsp3) is 0.0833. The van der Waals surface area contributed by atoms with Crippen LogP contribution in [0.4, 0.5) is 0 Å². The summed E-state index contributed by atoms with van der Waals surface area (Å²) in [6.45, 7) is 0. The second kappa shape index (κ2) is 10.8. The SMILES string of the molecule is C1=C[C@@]2(c3ccc(-c4ccccc4)cc3)CC2C(n2c3ccccc3c3cc(-c4ccc5c(c4)c4ccccc4n5-c4ccccc4)ccc32)N1. The maximum atomic E-state index is 3.81. The van der Waals surface area contributed by atoms with E-state index in [9.17, 15) is 0 Å². The highest BCUT2D eigenvalue weighted by Crippen LogP contribution is 2.62. The Kier molecular flexibility index (Phi) is 6.06. The fourth-order valence-electron chi connectivity index (χ4n) is 9.08. The van der Waals surface area contributed by atoms with Gasteiger partial charge in [-0.1, -0.05) is 127 Å². The van der Waals surface area contributed by atoms with Crippen LogP contribution in [0.15, 0.2) is 182 Å². The Hall–Kier alpha value is -6.32. The first kappa shape index (κ1) is 28.5. The minimum Gasteiger partial charge on any atom is -0.371 e. The predicted octanol–water partition coefficient (Wildman–Crippen LogP) is 11.8. The number of hydrogen-bond donors (Lipinski definition) is 1. The third-order valence-corrected chi connectivity index (χ3v) is 11.6. The summed E-state index contributed by atoms with van der Waals surface area (Å²) in [5.74, 6) is 0.466. The van der Waals surface area contributed by atoms with Crippen molar-refractivity contribution in [3.8, 4) is 27.9 Å². The number of benzene rings is 7. The van der Waals surface area contributed by atoms with Gasteiger partial charge in [-0.15, -0.1) is 0 Å². The highest BCUT2D eigenvalue weighted by Gasteiger charge is 2.59. The van der Waals surface area contributed by atoms with Crippen molar-refractivity contribution in [2.75, 3.05) is 0 Å². The van der Waals surface area contributed by atoms with Gasteiger partial charge in [-0.25, -0.2) is 0 Å². The maximum Gasteiger partial charge on any atom is 0.107 e. The molecular weight excluding hydrogens is 619 g/mol. The summed E-state index contributed by atoms with van der Waals surface area (Å²) in [6.07, 6.45) is 5.91. The van der Waals surface area contributed by atoms with Gasteiger partial charge in [0, 0.05) is 38.6 Å². The molecular formula is C48H35N3. The highest BCUT2D eigenvalue weighted by molar-refractivity contribution is 6.12. The Morgan fingerprint density at radius 1 is 0.471 bits per heavy atom. The van der Waals surface area contributed by atoms with Crippen LogP contribution in [-0.2, 0) is 5.41 Å². The third-order valence-electron chi connectivity index (χ3n) is 11.6. The van der Waals surface area contributed by atoms with Crippen molar-refractivity contribution in [2.45, 2.75) is 18.0 Å². The van der Waals surface area contributed by atoms with Crippen LogP contribution in [-0.4, -0.2) is 9.13 Å². The molecule has 0 saturated heterocycles. The van der Waals surface area contributed by atoms with Gasteiger partial charge >= 0.3 is 0 Å². The number of fused-ring (bicyclic) bond motifs is 7. The first-order valence-electron chi connectivity index (χ1n) is 18.0. The van der Waals surface area contributed by atoms with Crippen LogP contribution in [0.5, 0.6) is 0 Å². The molecule has 9 aromatic rings. The van der Waals surface area contributed by atoms with Gasteiger partial charge < -0.3 is 14.5 Å². The monoisotopic (exact) mass is 653 g/mol. The second-order valence-corrected chi connectivity index (χ2v) is 14.3. The fourth-order valence-corrected chi connectivity index (χ4v) is 9.08. The number of para-hydroxylation sites is 3. The molecule has 0 bridgehead atoms. The summed E-state index contributed by atoms with van der Waals surface area (Å²) in [5, 5.41) is 8.95. The molecule has 3 nitrogen and oxygen atoms in total. The molecule has 1 N–H and O–H groups in total. The van der Waals surface area contributed by atoms with Gasteiger partial charge in [-0.05, 0) is 89.0 Å². The van der Waals surface area contributed by atoms with Crippen molar-refractivity contribution >= 4 is 43.6 Å². The molecule has 0 radical (unpaired) electrons. The van der Waals surface area contributed by atoms with Gasteiger partial charge in [0.05, 0.1) is 22.1 Å². The van der Waals surface area contributed by atoms with Gasteiger partial charge in [0.2, 0.25) is 0 Å². The average Bonchev–Trinajstić information content (AvgIpc) is 3.77. The van der Waals surface area contributed by atoms with Crippen LogP contribution in [0.2, 0.25) is 0 Å². The zero-order chi connectivity index (χ0) is 33.5. The van der Waals surface area contributed by atoms with Crippen molar-refractivity contribution in [3.63, 3.8) is 0 Å². The summed E-state index contributed by atoms with van der Waals surface area (Å²) in [5.41, 5.74) is 12.6. The summed E-state index contributed by atoms with van der Waals surface area (Å²) >= 11 is 0. The van der Waals surface area contributed by atoms with E-state index >= 15 is 0 Å². The van der Waals surface area contributed by atoms with E-state index in [4.69, 9.17) is 0 Å². The van der Waals surface area contributed by atoms with Crippen LogP contribution in [0.25, 0.3) is 71.6 Å². The van der Waals surface area contributed by atoms with Gasteiger partial charge in [-0.2, -0.15) is 0 Å². The molecule has 2 unspecified atom stereocenters. The van der Waals surface area contributed by atoms with Crippen LogP contribution in [0, 0.1) is 5.92 Å². The van der Waals surface area contributed by atoms with E-state index in [-0.39, 0.29) is 11.6 Å². The Morgan fingerprint density at radius 2 is 1.00 bits per heavy atom. The summed E-state index contributed by atoms with van der Waals surface area (Å²) in [4.78, 5) is 0. The van der Waals surface area contributed by atoms with Gasteiger partial charge in [0.15, 0.2) is 0 Å². The largest absolute Gasteiger partial charge is 0.371 e. The molecule has 7 aromatic carbocycles. The molecule has 1 aliphatic carbocycles. The van der Waals surface area contributed by atoms with Crippen molar-refractivity contribution in [2.24, 2.45) is 5.92 Å². The third kappa shape index (κ3) is 4.25. The number of rotatable bonds is 5. The van der Waals surface area contributed by atoms with Crippen LogP contribution >= 0.6 is 0 Å². The Morgan fingerprint density at radius 3 is 1.75 bits per heavy atom. The van der Waals surface area contributed by atoms with E-state index in [0.29, 0.717) is 5.92 Å². The molecule has 2 aliphatic rings. The molecule has 242 valence electrons. The molecule has 11 rings (SSSR count). The van der Waals surface area contributed by atoms with Gasteiger partial charge in [0.25, 0.3) is 0 Å². The molecule has 2 aromatic heterocycles. The molecule has 0 amide bonds. The first-order chi connectivity index (χ1) is 25.3. The molecule has 0 spiro atoms. The van der Waals surface area contributed by atoms with E-state index in [2.05, 4.69) is 197 Å². The zero-order valence-corrected chi connectivity index (χ0v) is 28.1. The molecule has 1 aliphatic heterocycles.